The molecule has 5 nitrogen and oxygen atoms in total. The van der Waals surface area contributed by atoms with E-state index in [2.05, 4.69) is 10.6 Å². The van der Waals surface area contributed by atoms with Crippen molar-refractivity contribution < 1.29 is 13.2 Å². The summed E-state index contributed by atoms with van der Waals surface area (Å²) >= 11 is 0. The highest BCUT2D eigenvalue weighted by molar-refractivity contribution is 7.90. The minimum Gasteiger partial charge on any atom is -0.338 e. The van der Waals surface area contributed by atoms with Gasteiger partial charge in [0.05, 0.1) is 5.75 Å². The molecule has 0 aromatic heterocycles. The normalized spacial score (nSPS) is 10.9. The molecule has 0 saturated carbocycles. The number of hydrogen-bond acceptors (Lipinski definition) is 3. The first-order chi connectivity index (χ1) is 5.95. The van der Waals surface area contributed by atoms with Gasteiger partial charge in [-0.3, -0.25) is 0 Å². The van der Waals surface area contributed by atoms with E-state index in [-0.39, 0.29) is 11.8 Å². The molecule has 0 fully saturated rings. The van der Waals surface area contributed by atoms with Crippen molar-refractivity contribution in [3.63, 3.8) is 0 Å². The molecular weight excluding hydrogens is 192 g/mol. The van der Waals surface area contributed by atoms with Crippen molar-refractivity contribution in [2.75, 3.05) is 25.1 Å². The van der Waals surface area contributed by atoms with Crippen molar-refractivity contribution in [2.24, 2.45) is 0 Å². The lowest BCUT2D eigenvalue weighted by Crippen LogP contribution is -2.36. The van der Waals surface area contributed by atoms with Crippen LogP contribution in [0.3, 0.4) is 0 Å². The van der Waals surface area contributed by atoms with Crippen LogP contribution in [0.2, 0.25) is 0 Å². The Morgan fingerprint density at radius 2 is 1.92 bits per heavy atom. The van der Waals surface area contributed by atoms with Crippen LogP contribution < -0.4 is 10.6 Å². The van der Waals surface area contributed by atoms with Crippen LogP contribution >= 0.6 is 0 Å². The molecule has 0 bridgehead atoms. The Morgan fingerprint density at radius 1 is 1.31 bits per heavy atom. The fourth-order valence-electron chi connectivity index (χ4n) is 0.759. The second-order valence-electron chi connectivity index (χ2n) is 2.77. The van der Waals surface area contributed by atoms with Gasteiger partial charge < -0.3 is 10.6 Å². The predicted octanol–water partition coefficient (Wildman–Crippen LogP) is -0.260. The lowest BCUT2D eigenvalue weighted by Gasteiger charge is -2.04. The smallest absolute Gasteiger partial charge is 0.314 e. The average Bonchev–Trinajstić information content (AvgIpc) is 1.97. The third-order valence-electron chi connectivity index (χ3n) is 1.31. The van der Waals surface area contributed by atoms with Gasteiger partial charge in [-0.05, 0) is 13.3 Å². The van der Waals surface area contributed by atoms with Crippen LogP contribution in [-0.2, 0) is 9.84 Å². The first-order valence-corrected chi connectivity index (χ1v) is 6.21. The number of nitrogens with one attached hydrogen (secondary N) is 2. The average molecular weight is 208 g/mol. The van der Waals surface area contributed by atoms with Gasteiger partial charge in [-0.2, -0.15) is 0 Å². The van der Waals surface area contributed by atoms with E-state index in [4.69, 9.17) is 0 Å². The molecule has 0 aliphatic carbocycles. The molecule has 0 rings (SSSR count). The summed E-state index contributed by atoms with van der Waals surface area (Å²) in [5.74, 6) is 0.111. The third kappa shape index (κ3) is 9.13. The molecule has 0 spiro atoms. The Labute approximate surface area is 78.8 Å². The van der Waals surface area contributed by atoms with E-state index in [1.54, 1.807) is 0 Å². The summed E-state index contributed by atoms with van der Waals surface area (Å²) in [5, 5.41) is 5.09. The topological polar surface area (TPSA) is 75.3 Å². The monoisotopic (exact) mass is 208 g/mol. The van der Waals surface area contributed by atoms with E-state index in [0.717, 1.165) is 0 Å². The van der Waals surface area contributed by atoms with E-state index in [1.807, 2.05) is 6.92 Å². The summed E-state index contributed by atoms with van der Waals surface area (Å²) in [7, 11) is -2.91. The van der Waals surface area contributed by atoms with E-state index in [9.17, 15) is 13.2 Å². The van der Waals surface area contributed by atoms with Crippen molar-refractivity contribution >= 4 is 15.9 Å². The first-order valence-electron chi connectivity index (χ1n) is 4.15. The SMILES string of the molecule is CCNC(=O)NCCCS(C)(=O)=O. The third-order valence-corrected chi connectivity index (χ3v) is 2.35. The van der Waals surface area contributed by atoms with Crippen molar-refractivity contribution in [1.29, 1.82) is 0 Å². The molecule has 0 aromatic carbocycles. The molecule has 13 heavy (non-hydrogen) atoms. The molecule has 78 valence electrons. The van der Waals surface area contributed by atoms with Gasteiger partial charge in [-0.25, -0.2) is 13.2 Å². The summed E-state index contributed by atoms with van der Waals surface area (Å²) in [6, 6.07) is -0.254. The zero-order valence-corrected chi connectivity index (χ0v) is 8.78. The standard InChI is InChI=1S/C7H16N2O3S/c1-3-8-7(10)9-5-4-6-13(2,11)12/h3-6H2,1-2H3,(H2,8,9,10). The van der Waals surface area contributed by atoms with E-state index < -0.39 is 9.84 Å². The highest BCUT2D eigenvalue weighted by atomic mass is 32.2. The van der Waals surface area contributed by atoms with Crippen LogP contribution in [0.15, 0.2) is 0 Å². The molecule has 2 N–H and O–H groups in total. The summed E-state index contributed by atoms with van der Waals surface area (Å²) < 4.78 is 21.3. The minimum atomic E-state index is -2.91. The molecule has 0 heterocycles. The molecule has 0 unspecified atom stereocenters. The highest BCUT2D eigenvalue weighted by Gasteiger charge is 2.02. The zero-order valence-electron chi connectivity index (χ0n) is 7.96. The van der Waals surface area contributed by atoms with E-state index in [1.165, 1.54) is 6.26 Å². The van der Waals surface area contributed by atoms with Crippen molar-refractivity contribution in [1.82, 2.24) is 10.6 Å². The largest absolute Gasteiger partial charge is 0.338 e. The molecule has 2 amide bonds. The summed E-state index contributed by atoms with van der Waals surface area (Å²) in [5.41, 5.74) is 0. The Morgan fingerprint density at radius 3 is 2.38 bits per heavy atom. The van der Waals surface area contributed by atoms with Crippen LogP contribution in [0.1, 0.15) is 13.3 Å². The lowest BCUT2D eigenvalue weighted by molar-refractivity contribution is 0.241. The van der Waals surface area contributed by atoms with Crippen LogP contribution in [0, 0.1) is 0 Å². The van der Waals surface area contributed by atoms with Crippen molar-refractivity contribution in [3.8, 4) is 0 Å². The molecule has 0 radical (unpaired) electrons. The van der Waals surface area contributed by atoms with Gasteiger partial charge in [0.1, 0.15) is 9.84 Å². The van der Waals surface area contributed by atoms with Gasteiger partial charge in [-0.1, -0.05) is 0 Å². The van der Waals surface area contributed by atoms with Crippen LogP contribution in [0.25, 0.3) is 0 Å². The molecule has 6 heteroatoms. The fourth-order valence-corrected chi connectivity index (χ4v) is 1.43. The van der Waals surface area contributed by atoms with E-state index >= 15 is 0 Å². The predicted molar refractivity (Wildman–Crippen MR) is 51.4 cm³/mol. The Balaban J connectivity index is 3.41. The number of amides is 2. The van der Waals surface area contributed by atoms with Gasteiger partial charge in [0, 0.05) is 19.3 Å². The molecule has 0 atom stereocenters. The summed E-state index contributed by atoms with van der Waals surface area (Å²) in [6.45, 7) is 2.77. The number of rotatable bonds is 5. The molecular formula is C7H16N2O3S. The fraction of sp³-hybridized carbons (Fsp3) is 0.857. The Hall–Kier alpha value is -0.780. The maximum Gasteiger partial charge on any atom is 0.314 e. The first kappa shape index (κ1) is 12.2. The maximum atomic E-state index is 10.8. The second kappa shape index (κ2) is 5.80. The number of carbonyl (C=O) groups excluding carboxylic acids is 1. The van der Waals surface area contributed by atoms with Crippen LogP contribution in [0.4, 0.5) is 4.79 Å². The lowest BCUT2D eigenvalue weighted by atomic mass is 10.5. The minimum absolute atomic E-state index is 0.111. The summed E-state index contributed by atoms with van der Waals surface area (Å²) in [6.07, 6.45) is 1.63. The molecule has 0 aromatic rings. The zero-order chi connectivity index (χ0) is 10.3. The molecule has 0 aliphatic heterocycles. The van der Waals surface area contributed by atoms with Gasteiger partial charge in [0.25, 0.3) is 0 Å². The number of urea groups is 1. The van der Waals surface area contributed by atoms with Gasteiger partial charge >= 0.3 is 6.03 Å². The van der Waals surface area contributed by atoms with Gasteiger partial charge in [0.15, 0.2) is 0 Å². The Bertz CT molecular complexity index is 248. The molecule has 0 saturated heterocycles. The van der Waals surface area contributed by atoms with E-state index in [0.29, 0.717) is 19.5 Å². The molecule has 0 aliphatic rings. The van der Waals surface area contributed by atoms with Crippen LogP contribution in [0.5, 0.6) is 0 Å². The maximum absolute atomic E-state index is 10.8. The number of sulfone groups is 1. The quantitative estimate of drug-likeness (QED) is 0.611. The Kier molecular flexibility index (Phi) is 5.45. The summed E-state index contributed by atoms with van der Waals surface area (Å²) in [4.78, 5) is 10.8. The highest BCUT2D eigenvalue weighted by Crippen LogP contribution is 1.86. The number of carbonyl (C=O) groups is 1. The van der Waals surface area contributed by atoms with Crippen LogP contribution in [-0.4, -0.2) is 39.5 Å². The second-order valence-corrected chi connectivity index (χ2v) is 5.03. The van der Waals surface area contributed by atoms with Crippen molar-refractivity contribution in [2.45, 2.75) is 13.3 Å². The number of hydrogen-bond donors (Lipinski definition) is 2. The van der Waals surface area contributed by atoms with Crippen molar-refractivity contribution in [3.05, 3.63) is 0 Å². The van der Waals surface area contributed by atoms with Gasteiger partial charge in [0.2, 0.25) is 0 Å². The van der Waals surface area contributed by atoms with Gasteiger partial charge in [-0.15, -0.1) is 0 Å².